The standard InChI is InChI=1S/C13H19BrN2O2/c1-9-12(14)10(16(3)15-9)8-11(17)13(2)6-4-5-7-18-13/h4-8H2,1-3H3. The molecule has 1 unspecified atom stereocenters. The van der Waals surface area contributed by atoms with Gasteiger partial charge in [0.1, 0.15) is 5.60 Å². The van der Waals surface area contributed by atoms with Crippen molar-refractivity contribution in [3.05, 3.63) is 15.9 Å². The monoisotopic (exact) mass is 314 g/mol. The number of rotatable bonds is 3. The van der Waals surface area contributed by atoms with Crippen LogP contribution < -0.4 is 0 Å². The summed E-state index contributed by atoms with van der Waals surface area (Å²) in [5.41, 5.74) is 1.22. The molecule has 1 fully saturated rings. The fraction of sp³-hybridized carbons (Fsp3) is 0.692. The van der Waals surface area contributed by atoms with Crippen molar-refractivity contribution in [1.29, 1.82) is 0 Å². The maximum absolute atomic E-state index is 12.4. The minimum atomic E-state index is -0.615. The van der Waals surface area contributed by atoms with E-state index in [0.29, 0.717) is 13.0 Å². The number of carbonyl (C=O) groups is 1. The van der Waals surface area contributed by atoms with Crippen molar-refractivity contribution < 1.29 is 9.53 Å². The third-order valence-corrected chi connectivity index (χ3v) is 4.68. The zero-order valence-corrected chi connectivity index (χ0v) is 12.7. The number of carbonyl (C=O) groups excluding carboxylic acids is 1. The van der Waals surface area contributed by atoms with Crippen molar-refractivity contribution in [2.45, 2.75) is 45.1 Å². The Balaban J connectivity index is 2.16. The molecule has 1 saturated heterocycles. The van der Waals surface area contributed by atoms with Crippen LogP contribution >= 0.6 is 15.9 Å². The first-order valence-electron chi connectivity index (χ1n) is 6.29. The van der Waals surface area contributed by atoms with Gasteiger partial charge in [0, 0.05) is 13.7 Å². The first-order chi connectivity index (χ1) is 8.44. The summed E-state index contributed by atoms with van der Waals surface area (Å²) in [5, 5.41) is 4.31. The molecule has 0 N–H and O–H groups in total. The van der Waals surface area contributed by atoms with Crippen LogP contribution in [0.1, 0.15) is 37.6 Å². The highest BCUT2D eigenvalue weighted by Gasteiger charge is 2.36. The van der Waals surface area contributed by atoms with Gasteiger partial charge >= 0.3 is 0 Å². The van der Waals surface area contributed by atoms with Crippen molar-refractivity contribution in [2.24, 2.45) is 7.05 Å². The molecule has 1 aliphatic rings. The summed E-state index contributed by atoms with van der Waals surface area (Å²) in [5.74, 6) is 0.144. The van der Waals surface area contributed by atoms with Crippen molar-refractivity contribution in [3.63, 3.8) is 0 Å². The highest BCUT2D eigenvalue weighted by Crippen LogP contribution is 2.28. The maximum Gasteiger partial charge on any atom is 0.170 e. The van der Waals surface area contributed by atoms with Gasteiger partial charge in [-0.15, -0.1) is 0 Å². The van der Waals surface area contributed by atoms with Gasteiger partial charge in [0.25, 0.3) is 0 Å². The van der Waals surface area contributed by atoms with Crippen LogP contribution in [0.5, 0.6) is 0 Å². The minimum Gasteiger partial charge on any atom is -0.367 e. The van der Waals surface area contributed by atoms with E-state index in [1.165, 1.54) is 0 Å². The third kappa shape index (κ3) is 2.52. The first-order valence-corrected chi connectivity index (χ1v) is 7.08. The van der Waals surface area contributed by atoms with E-state index < -0.39 is 5.60 Å². The largest absolute Gasteiger partial charge is 0.367 e. The molecule has 0 aliphatic carbocycles. The molecule has 1 aromatic heterocycles. The van der Waals surface area contributed by atoms with Gasteiger partial charge in [-0.2, -0.15) is 5.10 Å². The van der Waals surface area contributed by atoms with Crippen molar-refractivity contribution in [3.8, 4) is 0 Å². The Morgan fingerprint density at radius 3 is 2.78 bits per heavy atom. The van der Waals surface area contributed by atoms with Crippen LogP contribution in [0.2, 0.25) is 0 Å². The lowest BCUT2D eigenvalue weighted by Crippen LogP contribution is -2.42. The third-order valence-electron chi connectivity index (χ3n) is 3.65. The number of halogens is 1. The highest BCUT2D eigenvalue weighted by molar-refractivity contribution is 9.10. The first kappa shape index (κ1) is 13.7. The highest BCUT2D eigenvalue weighted by atomic mass is 79.9. The van der Waals surface area contributed by atoms with Gasteiger partial charge in [-0.05, 0) is 49.0 Å². The van der Waals surface area contributed by atoms with Crippen LogP contribution in [0.3, 0.4) is 0 Å². The van der Waals surface area contributed by atoms with Crippen molar-refractivity contribution in [2.75, 3.05) is 6.61 Å². The summed E-state index contributed by atoms with van der Waals surface area (Å²) in [6, 6.07) is 0. The fourth-order valence-corrected chi connectivity index (χ4v) is 2.84. The number of aromatic nitrogens is 2. The second-order valence-electron chi connectivity index (χ2n) is 5.11. The second kappa shape index (κ2) is 5.13. The van der Waals surface area contributed by atoms with E-state index in [-0.39, 0.29) is 5.78 Å². The minimum absolute atomic E-state index is 0.144. The van der Waals surface area contributed by atoms with Crippen LogP contribution in [-0.2, 0) is 23.0 Å². The van der Waals surface area contributed by atoms with Gasteiger partial charge in [-0.3, -0.25) is 9.48 Å². The number of hydrogen-bond acceptors (Lipinski definition) is 3. The van der Waals surface area contributed by atoms with E-state index in [1.807, 2.05) is 20.9 Å². The topological polar surface area (TPSA) is 44.1 Å². The fourth-order valence-electron chi connectivity index (χ4n) is 2.37. The molecule has 1 atom stereocenters. The van der Waals surface area contributed by atoms with E-state index >= 15 is 0 Å². The number of nitrogens with zero attached hydrogens (tertiary/aromatic N) is 2. The van der Waals surface area contributed by atoms with Crippen LogP contribution in [0.25, 0.3) is 0 Å². The van der Waals surface area contributed by atoms with Gasteiger partial charge in [0.15, 0.2) is 5.78 Å². The molecule has 4 nitrogen and oxygen atoms in total. The van der Waals surface area contributed by atoms with Gasteiger partial charge in [-0.25, -0.2) is 0 Å². The van der Waals surface area contributed by atoms with Crippen LogP contribution in [0.15, 0.2) is 4.47 Å². The summed E-state index contributed by atoms with van der Waals surface area (Å²) >= 11 is 3.49. The SMILES string of the molecule is Cc1nn(C)c(CC(=O)C2(C)CCCCO2)c1Br. The van der Waals surface area contributed by atoms with E-state index in [9.17, 15) is 4.79 Å². The molecule has 0 bridgehead atoms. The Labute approximate surface area is 116 Å². The Bertz CT molecular complexity index is 462. The summed E-state index contributed by atoms with van der Waals surface area (Å²) in [7, 11) is 1.87. The molecule has 2 rings (SSSR count). The summed E-state index contributed by atoms with van der Waals surface area (Å²) in [4.78, 5) is 12.4. The predicted octanol–water partition coefficient (Wildman–Crippen LogP) is 2.56. The number of aryl methyl sites for hydroxylation is 2. The number of Topliss-reactive ketones (excluding diaryl/α,β-unsaturated/α-hetero) is 1. The zero-order chi connectivity index (χ0) is 13.3. The van der Waals surface area contributed by atoms with E-state index in [1.54, 1.807) is 4.68 Å². The van der Waals surface area contributed by atoms with E-state index in [2.05, 4.69) is 21.0 Å². The molecule has 0 radical (unpaired) electrons. The zero-order valence-electron chi connectivity index (χ0n) is 11.1. The number of ether oxygens (including phenoxy) is 1. The summed E-state index contributed by atoms with van der Waals surface area (Å²) in [6.45, 7) is 4.52. The molecule has 0 amide bonds. The molecule has 1 aromatic rings. The lowest BCUT2D eigenvalue weighted by Gasteiger charge is -2.32. The maximum atomic E-state index is 12.4. The molecule has 18 heavy (non-hydrogen) atoms. The van der Waals surface area contributed by atoms with Crippen molar-refractivity contribution >= 4 is 21.7 Å². The molecule has 0 saturated carbocycles. The molecular weight excluding hydrogens is 296 g/mol. The van der Waals surface area contributed by atoms with Gasteiger partial charge in [0.2, 0.25) is 0 Å². The Hall–Kier alpha value is -0.680. The van der Waals surface area contributed by atoms with E-state index in [0.717, 1.165) is 35.1 Å². The Morgan fingerprint density at radius 2 is 2.28 bits per heavy atom. The average molecular weight is 315 g/mol. The van der Waals surface area contributed by atoms with Gasteiger partial charge in [-0.1, -0.05) is 0 Å². The number of ketones is 1. The normalized spacial score (nSPS) is 24.2. The summed E-state index contributed by atoms with van der Waals surface area (Å²) in [6.07, 6.45) is 3.31. The molecule has 0 aromatic carbocycles. The molecule has 1 aliphatic heterocycles. The summed E-state index contributed by atoms with van der Waals surface area (Å²) < 4.78 is 8.39. The second-order valence-corrected chi connectivity index (χ2v) is 5.90. The molecular formula is C13H19BrN2O2. The molecule has 100 valence electrons. The molecule has 5 heteroatoms. The van der Waals surface area contributed by atoms with Gasteiger partial charge in [0.05, 0.1) is 22.3 Å². The van der Waals surface area contributed by atoms with Crippen molar-refractivity contribution in [1.82, 2.24) is 9.78 Å². The Morgan fingerprint density at radius 1 is 1.56 bits per heavy atom. The average Bonchev–Trinajstić information content (AvgIpc) is 2.57. The molecule has 2 heterocycles. The van der Waals surface area contributed by atoms with E-state index in [4.69, 9.17) is 4.74 Å². The Kier molecular flexibility index (Phi) is 3.92. The van der Waals surface area contributed by atoms with Crippen LogP contribution in [0.4, 0.5) is 0 Å². The quantitative estimate of drug-likeness (QED) is 0.861. The lowest BCUT2D eigenvalue weighted by molar-refractivity contribution is -0.147. The predicted molar refractivity (Wildman–Crippen MR) is 72.6 cm³/mol. The van der Waals surface area contributed by atoms with Gasteiger partial charge < -0.3 is 4.74 Å². The molecule has 0 spiro atoms. The van der Waals surface area contributed by atoms with Crippen LogP contribution in [-0.4, -0.2) is 27.8 Å². The lowest BCUT2D eigenvalue weighted by atomic mass is 9.89. The smallest absolute Gasteiger partial charge is 0.170 e. The van der Waals surface area contributed by atoms with Crippen LogP contribution in [0, 0.1) is 6.92 Å². The number of hydrogen-bond donors (Lipinski definition) is 0.